The van der Waals surface area contributed by atoms with Crippen molar-refractivity contribution in [2.45, 2.75) is 18.9 Å². The van der Waals surface area contributed by atoms with Crippen LogP contribution in [0.4, 0.5) is 5.69 Å². The summed E-state index contributed by atoms with van der Waals surface area (Å²) in [5, 5.41) is 0. The van der Waals surface area contributed by atoms with Crippen LogP contribution in [0, 0.1) is 5.92 Å². The number of anilines is 1. The highest BCUT2D eigenvalue weighted by molar-refractivity contribution is 5.46. The third kappa shape index (κ3) is 2.85. The molecule has 0 bridgehead atoms. The second kappa shape index (κ2) is 5.29. The summed E-state index contributed by atoms with van der Waals surface area (Å²) in [6.07, 6.45) is 2.70. The first-order valence-electron chi connectivity index (χ1n) is 7.11. The Morgan fingerprint density at radius 3 is 2.33 bits per heavy atom. The largest absolute Gasteiger partial charge is 0.369 e. The van der Waals surface area contributed by atoms with Gasteiger partial charge >= 0.3 is 0 Å². The minimum absolute atomic E-state index is 0.410. The first kappa shape index (κ1) is 12.0. The van der Waals surface area contributed by atoms with Crippen LogP contribution in [0.5, 0.6) is 0 Å². The number of rotatable bonds is 4. The quantitative estimate of drug-likeness (QED) is 0.873. The molecule has 1 heterocycles. The molecule has 98 valence electrons. The second-order valence-corrected chi connectivity index (χ2v) is 5.62. The zero-order chi connectivity index (χ0) is 12.4. The van der Waals surface area contributed by atoms with E-state index in [0.29, 0.717) is 6.04 Å². The van der Waals surface area contributed by atoms with Crippen LogP contribution in [0.1, 0.15) is 12.8 Å². The van der Waals surface area contributed by atoms with Gasteiger partial charge in [-0.3, -0.25) is 4.90 Å². The molecule has 1 saturated heterocycles. The number of para-hydroxylation sites is 1. The van der Waals surface area contributed by atoms with Crippen molar-refractivity contribution in [3.8, 4) is 0 Å². The van der Waals surface area contributed by atoms with Gasteiger partial charge in [-0.2, -0.15) is 0 Å². The van der Waals surface area contributed by atoms with Crippen molar-refractivity contribution >= 4 is 5.69 Å². The summed E-state index contributed by atoms with van der Waals surface area (Å²) in [6, 6.07) is 11.1. The maximum Gasteiger partial charge on any atom is 0.0367 e. The molecule has 1 aliphatic heterocycles. The third-order valence-electron chi connectivity index (χ3n) is 4.19. The van der Waals surface area contributed by atoms with Crippen molar-refractivity contribution in [1.29, 1.82) is 0 Å². The Morgan fingerprint density at radius 1 is 1.06 bits per heavy atom. The van der Waals surface area contributed by atoms with Gasteiger partial charge in [0.1, 0.15) is 0 Å². The maximum atomic E-state index is 6.20. The molecule has 1 saturated carbocycles. The molecule has 0 spiro atoms. The Morgan fingerprint density at radius 2 is 1.72 bits per heavy atom. The summed E-state index contributed by atoms with van der Waals surface area (Å²) in [4.78, 5) is 5.00. The molecule has 1 unspecified atom stereocenters. The van der Waals surface area contributed by atoms with E-state index in [2.05, 4.69) is 40.1 Å². The Kier molecular flexibility index (Phi) is 3.52. The molecule has 2 fully saturated rings. The van der Waals surface area contributed by atoms with Crippen molar-refractivity contribution in [1.82, 2.24) is 4.90 Å². The van der Waals surface area contributed by atoms with E-state index in [1.165, 1.54) is 18.5 Å². The molecule has 2 aliphatic rings. The van der Waals surface area contributed by atoms with Gasteiger partial charge in [-0.15, -0.1) is 0 Å². The summed E-state index contributed by atoms with van der Waals surface area (Å²) >= 11 is 0. The number of hydrogen-bond donors (Lipinski definition) is 1. The number of piperazine rings is 1. The van der Waals surface area contributed by atoms with Gasteiger partial charge < -0.3 is 10.6 Å². The SMILES string of the molecule is NC(CN1CCN(c2ccccc2)CC1)C1CC1. The number of nitrogens with zero attached hydrogens (tertiary/aromatic N) is 2. The molecule has 1 atom stereocenters. The fraction of sp³-hybridized carbons (Fsp3) is 0.600. The predicted octanol–water partition coefficient (Wildman–Crippen LogP) is 1.55. The monoisotopic (exact) mass is 245 g/mol. The normalized spacial score (nSPS) is 23.1. The molecule has 3 nitrogen and oxygen atoms in total. The average molecular weight is 245 g/mol. The first-order valence-corrected chi connectivity index (χ1v) is 7.11. The summed E-state index contributed by atoms with van der Waals surface area (Å²) in [7, 11) is 0. The molecule has 1 aromatic rings. The van der Waals surface area contributed by atoms with Gasteiger partial charge in [-0.1, -0.05) is 18.2 Å². The Hall–Kier alpha value is -1.06. The molecule has 2 N–H and O–H groups in total. The van der Waals surface area contributed by atoms with Crippen LogP contribution in [-0.4, -0.2) is 43.7 Å². The lowest BCUT2D eigenvalue weighted by molar-refractivity contribution is 0.235. The van der Waals surface area contributed by atoms with E-state index in [1.807, 2.05) is 0 Å². The van der Waals surface area contributed by atoms with Crippen molar-refractivity contribution in [2.75, 3.05) is 37.6 Å². The van der Waals surface area contributed by atoms with Gasteiger partial charge in [-0.25, -0.2) is 0 Å². The minimum atomic E-state index is 0.410. The van der Waals surface area contributed by atoms with Gasteiger partial charge in [-0.05, 0) is 30.9 Å². The number of nitrogens with two attached hydrogens (primary N) is 1. The van der Waals surface area contributed by atoms with E-state index in [-0.39, 0.29) is 0 Å². The van der Waals surface area contributed by atoms with Gasteiger partial charge in [0, 0.05) is 44.5 Å². The van der Waals surface area contributed by atoms with E-state index in [0.717, 1.165) is 38.6 Å². The lowest BCUT2D eigenvalue weighted by atomic mass is 10.1. The van der Waals surface area contributed by atoms with Gasteiger partial charge in [0.25, 0.3) is 0 Å². The smallest absolute Gasteiger partial charge is 0.0367 e. The summed E-state index contributed by atoms with van der Waals surface area (Å²) in [5.74, 6) is 0.817. The molecule has 0 amide bonds. The molecule has 1 aromatic carbocycles. The zero-order valence-corrected chi connectivity index (χ0v) is 11.0. The van der Waals surface area contributed by atoms with Crippen molar-refractivity contribution in [3.05, 3.63) is 30.3 Å². The maximum absolute atomic E-state index is 6.20. The standard InChI is InChI=1S/C15H23N3/c16-15(13-6-7-13)12-17-8-10-18(11-9-17)14-4-2-1-3-5-14/h1-5,13,15H,6-12,16H2. The zero-order valence-electron chi connectivity index (χ0n) is 11.0. The lowest BCUT2D eigenvalue weighted by Gasteiger charge is -2.37. The van der Waals surface area contributed by atoms with E-state index >= 15 is 0 Å². The molecule has 0 radical (unpaired) electrons. The van der Waals surface area contributed by atoms with Crippen molar-refractivity contribution < 1.29 is 0 Å². The molecule has 3 heteroatoms. The highest BCUT2D eigenvalue weighted by atomic mass is 15.3. The van der Waals surface area contributed by atoms with Crippen molar-refractivity contribution in [3.63, 3.8) is 0 Å². The molecule has 18 heavy (non-hydrogen) atoms. The van der Waals surface area contributed by atoms with E-state index < -0.39 is 0 Å². The van der Waals surface area contributed by atoms with Crippen LogP contribution < -0.4 is 10.6 Å². The fourth-order valence-corrected chi connectivity index (χ4v) is 2.80. The summed E-state index contributed by atoms with van der Waals surface area (Å²) in [5.41, 5.74) is 7.55. The highest BCUT2D eigenvalue weighted by Crippen LogP contribution is 2.32. The summed E-state index contributed by atoms with van der Waals surface area (Å²) < 4.78 is 0. The molecule has 1 aliphatic carbocycles. The Labute approximate surface area is 110 Å². The average Bonchev–Trinajstić information content (AvgIpc) is 3.25. The Balaban J connectivity index is 1.48. The molecular weight excluding hydrogens is 222 g/mol. The van der Waals surface area contributed by atoms with Crippen LogP contribution in [0.15, 0.2) is 30.3 Å². The minimum Gasteiger partial charge on any atom is -0.369 e. The highest BCUT2D eigenvalue weighted by Gasteiger charge is 2.30. The van der Waals surface area contributed by atoms with Crippen LogP contribution in [0.25, 0.3) is 0 Å². The predicted molar refractivity (Wildman–Crippen MR) is 75.8 cm³/mol. The molecule has 3 rings (SSSR count). The van der Waals surface area contributed by atoms with Crippen LogP contribution in [0.3, 0.4) is 0 Å². The topological polar surface area (TPSA) is 32.5 Å². The molecular formula is C15H23N3. The molecule has 0 aromatic heterocycles. The van der Waals surface area contributed by atoms with Crippen LogP contribution >= 0.6 is 0 Å². The second-order valence-electron chi connectivity index (χ2n) is 5.62. The number of benzene rings is 1. The first-order chi connectivity index (χ1) is 8.83. The van der Waals surface area contributed by atoms with Crippen LogP contribution in [-0.2, 0) is 0 Å². The van der Waals surface area contributed by atoms with Gasteiger partial charge in [0.05, 0.1) is 0 Å². The lowest BCUT2D eigenvalue weighted by Crippen LogP contribution is -2.50. The van der Waals surface area contributed by atoms with E-state index in [4.69, 9.17) is 5.73 Å². The van der Waals surface area contributed by atoms with E-state index in [9.17, 15) is 0 Å². The summed E-state index contributed by atoms with van der Waals surface area (Å²) in [6.45, 7) is 5.64. The third-order valence-corrected chi connectivity index (χ3v) is 4.19. The van der Waals surface area contributed by atoms with Crippen molar-refractivity contribution in [2.24, 2.45) is 11.7 Å². The van der Waals surface area contributed by atoms with Crippen LogP contribution in [0.2, 0.25) is 0 Å². The van der Waals surface area contributed by atoms with E-state index in [1.54, 1.807) is 0 Å². The van der Waals surface area contributed by atoms with Gasteiger partial charge in [0.15, 0.2) is 0 Å². The Bertz CT molecular complexity index is 367. The van der Waals surface area contributed by atoms with Gasteiger partial charge in [0.2, 0.25) is 0 Å². The number of hydrogen-bond acceptors (Lipinski definition) is 3. The fourth-order valence-electron chi connectivity index (χ4n) is 2.80.